The van der Waals surface area contributed by atoms with Gasteiger partial charge in [0.2, 0.25) is 5.91 Å². The van der Waals surface area contributed by atoms with Crippen LogP contribution in [-0.4, -0.2) is 11.4 Å². The molecule has 0 spiro atoms. The van der Waals surface area contributed by atoms with Gasteiger partial charge >= 0.3 is 0 Å². The highest BCUT2D eigenvalue weighted by atomic mass is 19.1. The lowest BCUT2D eigenvalue weighted by Crippen LogP contribution is -2.38. The molecule has 0 unspecified atom stereocenters. The molecule has 0 heterocycles. The van der Waals surface area contributed by atoms with Gasteiger partial charge < -0.3 is 11.1 Å². The topological polar surface area (TPSA) is 55.1 Å². The minimum atomic E-state index is -0.520. The minimum absolute atomic E-state index is 0.0799. The van der Waals surface area contributed by atoms with Crippen LogP contribution in [0.2, 0.25) is 0 Å². The summed E-state index contributed by atoms with van der Waals surface area (Å²) < 4.78 is 13.3. The lowest BCUT2D eigenvalue weighted by Gasteiger charge is -2.17. The van der Waals surface area contributed by atoms with E-state index >= 15 is 0 Å². The SMILES string of the molecule is CC(C)(N)CC(=O)NCc1cccc(-c2cccc(F)c2)c1. The number of halogens is 1. The maximum absolute atomic E-state index is 13.3. The van der Waals surface area contributed by atoms with Gasteiger partial charge in [0, 0.05) is 18.5 Å². The molecule has 3 N–H and O–H groups in total. The molecule has 2 rings (SSSR count). The van der Waals surface area contributed by atoms with Gasteiger partial charge in [-0.1, -0.05) is 30.3 Å². The molecule has 4 heteroatoms. The third-order valence-electron chi connectivity index (χ3n) is 3.19. The van der Waals surface area contributed by atoms with E-state index in [-0.39, 0.29) is 18.1 Å². The predicted molar refractivity (Wildman–Crippen MR) is 86.6 cm³/mol. The average Bonchev–Trinajstić information content (AvgIpc) is 2.44. The third kappa shape index (κ3) is 4.97. The predicted octanol–water partition coefficient (Wildman–Crippen LogP) is 3.24. The molecule has 0 bridgehead atoms. The molecule has 0 saturated carbocycles. The summed E-state index contributed by atoms with van der Waals surface area (Å²) in [6, 6.07) is 14.1. The van der Waals surface area contributed by atoms with Crippen molar-refractivity contribution in [2.45, 2.75) is 32.4 Å². The van der Waals surface area contributed by atoms with Crippen molar-refractivity contribution in [2.75, 3.05) is 0 Å². The molecular formula is C18H21FN2O. The number of amides is 1. The van der Waals surface area contributed by atoms with Crippen molar-refractivity contribution in [3.63, 3.8) is 0 Å². The Labute approximate surface area is 130 Å². The van der Waals surface area contributed by atoms with Crippen LogP contribution in [0.4, 0.5) is 4.39 Å². The molecule has 2 aromatic rings. The summed E-state index contributed by atoms with van der Waals surface area (Å²) in [5, 5.41) is 2.85. The zero-order chi connectivity index (χ0) is 16.2. The molecule has 0 aliphatic rings. The Kier molecular flexibility index (Phi) is 4.93. The average molecular weight is 300 g/mol. The Morgan fingerprint density at radius 3 is 2.41 bits per heavy atom. The second-order valence-corrected chi connectivity index (χ2v) is 6.15. The van der Waals surface area contributed by atoms with Crippen molar-refractivity contribution in [2.24, 2.45) is 5.73 Å². The van der Waals surface area contributed by atoms with Crippen LogP contribution in [0.1, 0.15) is 25.8 Å². The fourth-order valence-corrected chi connectivity index (χ4v) is 2.21. The Morgan fingerprint density at radius 1 is 1.14 bits per heavy atom. The first kappa shape index (κ1) is 16.2. The van der Waals surface area contributed by atoms with Crippen molar-refractivity contribution >= 4 is 5.91 Å². The molecule has 3 nitrogen and oxygen atoms in total. The highest BCUT2D eigenvalue weighted by Gasteiger charge is 2.15. The Balaban J connectivity index is 2.05. The van der Waals surface area contributed by atoms with E-state index in [1.165, 1.54) is 12.1 Å². The minimum Gasteiger partial charge on any atom is -0.352 e. The van der Waals surface area contributed by atoms with Crippen LogP contribution >= 0.6 is 0 Å². The van der Waals surface area contributed by atoms with Gasteiger partial charge in [0.15, 0.2) is 0 Å². The summed E-state index contributed by atoms with van der Waals surface area (Å²) in [5.41, 5.74) is 8.00. The number of benzene rings is 2. The largest absolute Gasteiger partial charge is 0.352 e. The number of carbonyl (C=O) groups excluding carboxylic acids is 1. The molecule has 0 aromatic heterocycles. The number of carbonyl (C=O) groups is 1. The van der Waals surface area contributed by atoms with Gasteiger partial charge in [-0.05, 0) is 48.7 Å². The molecule has 0 aliphatic carbocycles. The van der Waals surface area contributed by atoms with E-state index in [1.807, 2.05) is 44.2 Å². The van der Waals surface area contributed by atoms with Crippen LogP contribution in [0.25, 0.3) is 11.1 Å². The second-order valence-electron chi connectivity index (χ2n) is 6.15. The highest BCUT2D eigenvalue weighted by Crippen LogP contribution is 2.21. The zero-order valence-corrected chi connectivity index (χ0v) is 12.9. The molecule has 0 fully saturated rings. The van der Waals surface area contributed by atoms with Gasteiger partial charge in [-0.15, -0.1) is 0 Å². The standard InChI is InChI=1S/C18H21FN2O/c1-18(2,20)11-17(22)21-12-13-5-3-6-14(9-13)15-7-4-8-16(19)10-15/h3-10H,11-12,20H2,1-2H3,(H,21,22). The van der Waals surface area contributed by atoms with E-state index in [0.717, 1.165) is 16.7 Å². The Hall–Kier alpha value is -2.20. The van der Waals surface area contributed by atoms with Crippen molar-refractivity contribution in [3.05, 3.63) is 59.9 Å². The number of hydrogen-bond acceptors (Lipinski definition) is 2. The van der Waals surface area contributed by atoms with E-state index in [4.69, 9.17) is 5.73 Å². The lowest BCUT2D eigenvalue weighted by molar-refractivity contribution is -0.122. The quantitative estimate of drug-likeness (QED) is 0.890. The van der Waals surface area contributed by atoms with E-state index in [1.54, 1.807) is 6.07 Å². The lowest BCUT2D eigenvalue weighted by atomic mass is 10.0. The monoisotopic (exact) mass is 300 g/mol. The first-order valence-corrected chi connectivity index (χ1v) is 7.24. The van der Waals surface area contributed by atoms with Gasteiger partial charge in [-0.3, -0.25) is 4.79 Å². The normalized spacial score (nSPS) is 11.3. The van der Waals surface area contributed by atoms with Gasteiger partial charge in [0.25, 0.3) is 0 Å². The zero-order valence-electron chi connectivity index (χ0n) is 12.9. The van der Waals surface area contributed by atoms with Crippen LogP contribution in [-0.2, 0) is 11.3 Å². The van der Waals surface area contributed by atoms with Gasteiger partial charge in [0.1, 0.15) is 5.82 Å². The Morgan fingerprint density at radius 2 is 1.77 bits per heavy atom. The third-order valence-corrected chi connectivity index (χ3v) is 3.19. The number of rotatable bonds is 5. The van der Waals surface area contributed by atoms with E-state index < -0.39 is 5.54 Å². The summed E-state index contributed by atoms with van der Waals surface area (Å²) in [6.07, 6.45) is 0.274. The molecule has 22 heavy (non-hydrogen) atoms. The van der Waals surface area contributed by atoms with Gasteiger partial charge in [0.05, 0.1) is 0 Å². The molecule has 0 radical (unpaired) electrons. The summed E-state index contributed by atoms with van der Waals surface area (Å²) in [7, 11) is 0. The van der Waals surface area contributed by atoms with Crippen molar-refractivity contribution < 1.29 is 9.18 Å². The maximum atomic E-state index is 13.3. The molecule has 2 aromatic carbocycles. The van der Waals surface area contributed by atoms with Crippen LogP contribution in [0, 0.1) is 5.82 Å². The summed E-state index contributed by atoms with van der Waals surface area (Å²) in [4.78, 5) is 11.8. The molecule has 1 amide bonds. The van der Waals surface area contributed by atoms with Crippen LogP contribution in [0.15, 0.2) is 48.5 Å². The molecule has 116 valence electrons. The van der Waals surface area contributed by atoms with Gasteiger partial charge in [-0.2, -0.15) is 0 Å². The first-order valence-electron chi connectivity index (χ1n) is 7.24. The highest BCUT2D eigenvalue weighted by molar-refractivity contribution is 5.77. The van der Waals surface area contributed by atoms with E-state index in [2.05, 4.69) is 5.32 Å². The Bertz CT molecular complexity index is 662. The number of hydrogen-bond donors (Lipinski definition) is 2. The summed E-state index contributed by atoms with van der Waals surface area (Å²) >= 11 is 0. The maximum Gasteiger partial charge on any atom is 0.222 e. The van der Waals surface area contributed by atoms with Crippen molar-refractivity contribution in [1.29, 1.82) is 0 Å². The molecule has 0 saturated heterocycles. The van der Waals surface area contributed by atoms with E-state index in [0.29, 0.717) is 6.54 Å². The van der Waals surface area contributed by atoms with E-state index in [9.17, 15) is 9.18 Å². The fourth-order valence-electron chi connectivity index (χ4n) is 2.21. The smallest absolute Gasteiger partial charge is 0.222 e. The van der Waals surface area contributed by atoms with Crippen LogP contribution in [0.3, 0.4) is 0 Å². The molecule has 0 aliphatic heterocycles. The number of nitrogens with two attached hydrogens (primary N) is 1. The second kappa shape index (κ2) is 6.71. The van der Waals surface area contributed by atoms with Crippen LogP contribution in [0.5, 0.6) is 0 Å². The summed E-state index contributed by atoms with van der Waals surface area (Å²) in [6.45, 7) is 4.06. The van der Waals surface area contributed by atoms with Crippen molar-refractivity contribution in [1.82, 2.24) is 5.32 Å². The van der Waals surface area contributed by atoms with Gasteiger partial charge in [-0.25, -0.2) is 4.39 Å². The fraction of sp³-hybridized carbons (Fsp3) is 0.278. The van der Waals surface area contributed by atoms with Crippen molar-refractivity contribution in [3.8, 4) is 11.1 Å². The molecule has 0 atom stereocenters. The molecular weight excluding hydrogens is 279 g/mol. The number of nitrogens with one attached hydrogen (secondary N) is 1. The van der Waals surface area contributed by atoms with Crippen LogP contribution < -0.4 is 11.1 Å². The first-order chi connectivity index (χ1) is 10.3. The summed E-state index contributed by atoms with van der Waals surface area (Å²) in [5.74, 6) is -0.343.